The van der Waals surface area contributed by atoms with Crippen LogP contribution >= 0.6 is 0 Å². The molecule has 90 valence electrons. The van der Waals surface area contributed by atoms with Gasteiger partial charge in [-0.05, 0) is 23.8 Å². The smallest absolute Gasteiger partial charge is 0.269 e. The molecule has 1 aromatic heterocycles. The Hall–Kier alpha value is -2.56. The topological polar surface area (TPSA) is 73.1 Å². The van der Waals surface area contributed by atoms with Crippen molar-refractivity contribution >= 4 is 12.0 Å². The van der Waals surface area contributed by atoms with Gasteiger partial charge in [-0.1, -0.05) is 6.07 Å². The summed E-state index contributed by atoms with van der Waals surface area (Å²) in [4.78, 5) is 24.6. The molecule has 0 saturated carbocycles. The number of carbonyl (C=O) groups is 1. The summed E-state index contributed by atoms with van der Waals surface area (Å²) in [5, 5.41) is 10.5. The van der Waals surface area contributed by atoms with Crippen molar-refractivity contribution in [1.82, 2.24) is 4.98 Å². The minimum absolute atomic E-state index is 0.0595. The minimum atomic E-state index is -0.435. The Bertz CT molecular complexity index is 562. The maximum Gasteiger partial charge on any atom is 0.269 e. The number of carbonyl (C=O) groups excluding carboxylic acids is 1. The van der Waals surface area contributed by atoms with Gasteiger partial charge in [-0.3, -0.25) is 15.1 Å². The first-order valence-electron chi connectivity index (χ1n) is 5.34. The second-order valence-electron chi connectivity index (χ2n) is 3.71. The normalized spacial score (nSPS) is 10.0. The summed E-state index contributed by atoms with van der Waals surface area (Å²) in [6, 6.07) is 9.87. The largest absolute Gasteiger partial charge is 0.303 e. The highest BCUT2D eigenvalue weighted by Gasteiger charge is 2.05. The maximum atomic E-state index is 10.5. The predicted molar refractivity (Wildman–Crippen MR) is 66.1 cm³/mol. The van der Waals surface area contributed by atoms with Crippen LogP contribution in [0.2, 0.25) is 0 Å². The van der Waals surface area contributed by atoms with Crippen molar-refractivity contribution in [2.45, 2.75) is 6.42 Å². The molecule has 0 fully saturated rings. The molecule has 0 unspecified atom stereocenters. The molecule has 0 bridgehead atoms. The number of pyridine rings is 1. The lowest BCUT2D eigenvalue weighted by molar-refractivity contribution is -0.384. The average molecular weight is 242 g/mol. The number of rotatable bonds is 4. The summed E-state index contributed by atoms with van der Waals surface area (Å²) >= 11 is 0. The van der Waals surface area contributed by atoms with E-state index in [0.29, 0.717) is 12.1 Å². The molecule has 5 nitrogen and oxygen atoms in total. The van der Waals surface area contributed by atoms with E-state index in [0.717, 1.165) is 17.4 Å². The van der Waals surface area contributed by atoms with Crippen LogP contribution in [0.3, 0.4) is 0 Å². The Kier molecular flexibility index (Phi) is 3.43. The van der Waals surface area contributed by atoms with Crippen LogP contribution in [-0.2, 0) is 11.2 Å². The lowest BCUT2D eigenvalue weighted by Gasteiger charge is -2.01. The van der Waals surface area contributed by atoms with E-state index in [9.17, 15) is 14.9 Å². The fourth-order valence-electron chi connectivity index (χ4n) is 1.58. The van der Waals surface area contributed by atoms with Crippen molar-refractivity contribution in [3.05, 3.63) is 58.4 Å². The van der Waals surface area contributed by atoms with Crippen LogP contribution in [0.5, 0.6) is 0 Å². The predicted octanol–water partition coefficient (Wildman–Crippen LogP) is 2.40. The van der Waals surface area contributed by atoms with Gasteiger partial charge in [-0.15, -0.1) is 0 Å². The molecule has 0 aliphatic rings. The molecule has 0 aliphatic heterocycles. The van der Waals surface area contributed by atoms with Crippen LogP contribution in [0.1, 0.15) is 5.69 Å². The fourth-order valence-corrected chi connectivity index (χ4v) is 1.58. The third-order valence-electron chi connectivity index (χ3n) is 2.53. The zero-order chi connectivity index (χ0) is 13.0. The van der Waals surface area contributed by atoms with Gasteiger partial charge in [0.2, 0.25) is 0 Å². The van der Waals surface area contributed by atoms with E-state index >= 15 is 0 Å². The monoisotopic (exact) mass is 242 g/mol. The van der Waals surface area contributed by atoms with E-state index in [4.69, 9.17) is 0 Å². The van der Waals surface area contributed by atoms with Gasteiger partial charge in [0.1, 0.15) is 6.29 Å². The molecule has 2 rings (SSSR count). The number of benzene rings is 1. The first kappa shape index (κ1) is 11.9. The molecule has 1 aromatic carbocycles. The maximum absolute atomic E-state index is 10.5. The van der Waals surface area contributed by atoms with Gasteiger partial charge in [0, 0.05) is 36.0 Å². The molecule has 0 N–H and O–H groups in total. The van der Waals surface area contributed by atoms with E-state index in [-0.39, 0.29) is 5.69 Å². The SMILES string of the molecule is O=CCc1ccc(-c2ccc([N+](=O)[O-])cc2)cn1. The van der Waals surface area contributed by atoms with Crippen LogP contribution in [0, 0.1) is 10.1 Å². The Morgan fingerprint density at radius 2 is 1.78 bits per heavy atom. The van der Waals surface area contributed by atoms with Gasteiger partial charge in [0.15, 0.2) is 0 Å². The first-order valence-corrected chi connectivity index (χ1v) is 5.34. The summed E-state index contributed by atoms with van der Waals surface area (Å²) in [7, 11) is 0. The number of nitro groups is 1. The highest BCUT2D eigenvalue weighted by Crippen LogP contribution is 2.21. The number of hydrogen-bond donors (Lipinski definition) is 0. The summed E-state index contributed by atoms with van der Waals surface area (Å²) in [5.41, 5.74) is 2.48. The number of nitrogens with zero attached hydrogens (tertiary/aromatic N) is 2. The van der Waals surface area contributed by atoms with Gasteiger partial charge in [-0.25, -0.2) is 0 Å². The standard InChI is InChI=1S/C13H10N2O3/c16-8-7-12-4-1-11(9-14-12)10-2-5-13(6-3-10)15(17)18/h1-6,8-9H,7H2. The quantitative estimate of drug-likeness (QED) is 0.468. The Labute approximate surface area is 103 Å². The van der Waals surface area contributed by atoms with Crippen LogP contribution in [0.25, 0.3) is 11.1 Å². The second-order valence-corrected chi connectivity index (χ2v) is 3.71. The lowest BCUT2D eigenvalue weighted by atomic mass is 10.1. The summed E-state index contributed by atoms with van der Waals surface area (Å²) in [5.74, 6) is 0. The van der Waals surface area contributed by atoms with Crippen LogP contribution in [-0.4, -0.2) is 16.2 Å². The van der Waals surface area contributed by atoms with Crippen molar-refractivity contribution < 1.29 is 9.72 Å². The molecule has 2 aromatic rings. The van der Waals surface area contributed by atoms with Crippen LogP contribution < -0.4 is 0 Å². The van der Waals surface area contributed by atoms with Crippen molar-refractivity contribution in [2.75, 3.05) is 0 Å². The van der Waals surface area contributed by atoms with Gasteiger partial charge in [-0.2, -0.15) is 0 Å². The van der Waals surface area contributed by atoms with E-state index in [1.54, 1.807) is 24.4 Å². The fraction of sp³-hybridized carbons (Fsp3) is 0.0769. The molecule has 0 amide bonds. The molecule has 1 heterocycles. The second kappa shape index (κ2) is 5.18. The van der Waals surface area contributed by atoms with E-state index in [2.05, 4.69) is 4.98 Å². The molecule has 0 radical (unpaired) electrons. The van der Waals surface area contributed by atoms with Crippen molar-refractivity contribution in [3.63, 3.8) is 0 Å². The summed E-state index contributed by atoms with van der Waals surface area (Å²) in [6.45, 7) is 0. The van der Waals surface area contributed by atoms with E-state index in [1.165, 1.54) is 12.1 Å². The zero-order valence-corrected chi connectivity index (χ0v) is 9.45. The molecule has 5 heteroatoms. The molecule has 18 heavy (non-hydrogen) atoms. The Morgan fingerprint density at radius 1 is 1.11 bits per heavy atom. The van der Waals surface area contributed by atoms with Crippen LogP contribution in [0.4, 0.5) is 5.69 Å². The first-order chi connectivity index (χ1) is 8.70. The van der Waals surface area contributed by atoms with E-state index in [1.807, 2.05) is 6.07 Å². The average Bonchev–Trinajstić information content (AvgIpc) is 2.40. The minimum Gasteiger partial charge on any atom is -0.303 e. The molecule has 0 atom stereocenters. The van der Waals surface area contributed by atoms with E-state index < -0.39 is 4.92 Å². The summed E-state index contributed by atoms with van der Waals surface area (Å²) < 4.78 is 0. The molecule has 0 spiro atoms. The highest BCUT2D eigenvalue weighted by atomic mass is 16.6. The number of aldehydes is 1. The number of nitro benzene ring substituents is 1. The number of non-ortho nitro benzene ring substituents is 1. The number of hydrogen-bond acceptors (Lipinski definition) is 4. The van der Waals surface area contributed by atoms with Gasteiger partial charge >= 0.3 is 0 Å². The van der Waals surface area contributed by atoms with Crippen molar-refractivity contribution in [3.8, 4) is 11.1 Å². The van der Waals surface area contributed by atoms with Gasteiger partial charge in [0.05, 0.1) is 4.92 Å². The summed E-state index contributed by atoms with van der Waals surface area (Å²) in [6.07, 6.45) is 2.74. The van der Waals surface area contributed by atoms with Gasteiger partial charge < -0.3 is 4.79 Å². The Balaban J connectivity index is 2.25. The molecular formula is C13H10N2O3. The molecule has 0 saturated heterocycles. The molecular weight excluding hydrogens is 232 g/mol. The van der Waals surface area contributed by atoms with Crippen LogP contribution in [0.15, 0.2) is 42.6 Å². The zero-order valence-electron chi connectivity index (χ0n) is 9.45. The Morgan fingerprint density at radius 3 is 2.28 bits per heavy atom. The molecule has 0 aliphatic carbocycles. The third-order valence-corrected chi connectivity index (χ3v) is 2.53. The highest BCUT2D eigenvalue weighted by molar-refractivity contribution is 5.64. The van der Waals surface area contributed by atoms with Crippen molar-refractivity contribution in [1.29, 1.82) is 0 Å². The number of aromatic nitrogens is 1. The third kappa shape index (κ3) is 2.57. The van der Waals surface area contributed by atoms with Crippen molar-refractivity contribution in [2.24, 2.45) is 0 Å². The lowest BCUT2D eigenvalue weighted by Crippen LogP contribution is -1.91. The van der Waals surface area contributed by atoms with Gasteiger partial charge in [0.25, 0.3) is 5.69 Å².